The Bertz CT molecular complexity index is 820. The van der Waals surface area contributed by atoms with E-state index in [9.17, 15) is 9.90 Å². The summed E-state index contributed by atoms with van der Waals surface area (Å²) in [6, 6.07) is 14.1. The number of hydrogen-bond acceptors (Lipinski definition) is 2. The van der Waals surface area contributed by atoms with Crippen molar-refractivity contribution in [1.29, 1.82) is 0 Å². The zero-order valence-electron chi connectivity index (χ0n) is 12.8. The Hall–Kier alpha value is -2.33. The standard InChI is InChI=1S/C18H20N2O2/c1-12(21)9-10-20(2)18(22)17-11-15-14-6-4-3-5-13(14)7-8-16(15)19-17/h3-8,11-12,19,21H,9-10H2,1-2H3. The second kappa shape index (κ2) is 5.81. The van der Waals surface area contributed by atoms with Gasteiger partial charge in [0.15, 0.2) is 0 Å². The van der Waals surface area contributed by atoms with E-state index in [1.165, 1.54) is 0 Å². The van der Waals surface area contributed by atoms with Crippen LogP contribution in [0.2, 0.25) is 0 Å². The van der Waals surface area contributed by atoms with Crippen LogP contribution in [0, 0.1) is 0 Å². The van der Waals surface area contributed by atoms with E-state index >= 15 is 0 Å². The molecule has 4 heteroatoms. The first-order valence-corrected chi connectivity index (χ1v) is 7.50. The molecule has 0 bridgehead atoms. The van der Waals surface area contributed by atoms with Crippen LogP contribution in [0.4, 0.5) is 0 Å². The molecule has 0 aliphatic carbocycles. The van der Waals surface area contributed by atoms with Gasteiger partial charge in [0, 0.05) is 24.5 Å². The molecule has 1 atom stereocenters. The average Bonchev–Trinajstić information content (AvgIpc) is 2.96. The molecule has 0 aliphatic heterocycles. The Morgan fingerprint density at radius 1 is 1.23 bits per heavy atom. The minimum Gasteiger partial charge on any atom is -0.393 e. The number of nitrogens with zero attached hydrogens (tertiary/aromatic N) is 1. The minimum atomic E-state index is -0.401. The third kappa shape index (κ3) is 2.70. The second-order valence-electron chi connectivity index (χ2n) is 5.80. The van der Waals surface area contributed by atoms with Gasteiger partial charge in [0.25, 0.3) is 5.91 Å². The van der Waals surface area contributed by atoms with Crippen LogP contribution in [0.15, 0.2) is 42.5 Å². The molecule has 1 amide bonds. The quantitative estimate of drug-likeness (QED) is 0.777. The van der Waals surface area contributed by atoms with Gasteiger partial charge in [-0.3, -0.25) is 4.79 Å². The van der Waals surface area contributed by atoms with E-state index in [0.29, 0.717) is 18.7 Å². The van der Waals surface area contributed by atoms with Gasteiger partial charge in [-0.15, -0.1) is 0 Å². The van der Waals surface area contributed by atoms with Gasteiger partial charge in [0.1, 0.15) is 5.69 Å². The first-order chi connectivity index (χ1) is 10.6. The van der Waals surface area contributed by atoms with E-state index in [1.807, 2.05) is 24.3 Å². The third-order valence-electron chi connectivity index (χ3n) is 3.99. The summed E-state index contributed by atoms with van der Waals surface area (Å²) in [6.07, 6.45) is 0.174. The van der Waals surface area contributed by atoms with Crippen molar-refractivity contribution in [3.63, 3.8) is 0 Å². The highest BCUT2D eigenvalue weighted by molar-refractivity contribution is 6.09. The van der Waals surface area contributed by atoms with Crippen molar-refractivity contribution >= 4 is 27.6 Å². The largest absolute Gasteiger partial charge is 0.393 e. The number of rotatable bonds is 4. The highest BCUT2D eigenvalue weighted by atomic mass is 16.3. The summed E-state index contributed by atoms with van der Waals surface area (Å²) in [6.45, 7) is 2.26. The smallest absolute Gasteiger partial charge is 0.270 e. The monoisotopic (exact) mass is 296 g/mol. The van der Waals surface area contributed by atoms with Crippen LogP contribution in [0.25, 0.3) is 21.7 Å². The highest BCUT2D eigenvalue weighted by Crippen LogP contribution is 2.26. The summed E-state index contributed by atoms with van der Waals surface area (Å²) in [5.74, 6) is -0.0547. The number of aromatic nitrogens is 1. The van der Waals surface area contributed by atoms with Gasteiger partial charge in [0.05, 0.1) is 6.10 Å². The fourth-order valence-electron chi connectivity index (χ4n) is 2.69. The van der Waals surface area contributed by atoms with Crippen LogP contribution in [0.5, 0.6) is 0 Å². The lowest BCUT2D eigenvalue weighted by Crippen LogP contribution is -2.29. The molecule has 1 aromatic heterocycles. The summed E-state index contributed by atoms with van der Waals surface area (Å²) < 4.78 is 0. The molecule has 0 saturated heterocycles. The van der Waals surface area contributed by atoms with Crippen molar-refractivity contribution in [3.8, 4) is 0 Å². The number of benzene rings is 2. The van der Waals surface area contributed by atoms with Crippen molar-refractivity contribution in [2.45, 2.75) is 19.4 Å². The number of aliphatic hydroxyl groups excluding tert-OH is 1. The van der Waals surface area contributed by atoms with E-state index in [0.717, 1.165) is 21.7 Å². The van der Waals surface area contributed by atoms with E-state index in [-0.39, 0.29) is 5.91 Å². The number of aromatic amines is 1. The lowest BCUT2D eigenvalue weighted by atomic mass is 10.1. The topological polar surface area (TPSA) is 56.3 Å². The number of H-pyrrole nitrogens is 1. The fourth-order valence-corrected chi connectivity index (χ4v) is 2.69. The van der Waals surface area contributed by atoms with E-state index < -0.39 is 6.10 Å². The first kappa shape index (κ1) is 14.6. The maximum absolute atomic E-state index is 12.5. The Labute approximate surface area is 129 Å². The molecule has 3 rings (SSSR count). The molecule has 3 aromatic rings. The summed E-state index contributed by atoms with van der Waals surface area (Å²) in [4.78, 5) is 17.3. The van der Waals surface area contributed by atoms with Crippen molar-refractivity contribution in [2.24, 2.45) is 0 Å². The second-order valence-corrected chi connectivity index (χ2v) is 5.80. The summed E-state index contributed by atoms with van der Waals surface area (Å²) in [5, 5.41) is 12.7. The van der Waals surface area contributed by atoms with Crippen LogP contribution in [-0.2, 0) is 0 Å². The summed E-state index contributed by atoms with van der Waals surface area (Å²) >= 11 is 0. The lowest BCUT2D eigenvalue weighted by molar-refractivity contribution is 0.0764. The number of hydrogen-bond donors (Lipinski definition) is 2. The van der Waals surface area contributed by atoms with E-state index in [2.05, 4.69) is 23.2 Å². The number of aliphatic hydroxyl groups is 1. The Balaban J connectivity index is 1.94. The van der Waals surface area contributed by atoms with Gasteiger partial charge in [0.2, 0.25) is 0 Å². The zero-order valence-corrected chi connectivity index (χ0v) is 12.8. The number of nitrogens with one attached hydrogen (secondary N) is 1. The normalized spacial score (nSPS) is 12.7. The van der Waals surface area contributed by atoms with Gasteiger partial charge < -0.3 is 15.0 Å². The Morgan fingerprint density at radius 2 is 2.00 bits per heavy atom. The minimum absolute atomic E-state index is 0.0547. The highest BCUT2D eigenvalue weighted by Gasteiger charge is 2.15. The molecule has 0 fully saturated rings. The van der Waals surface area contributed by atoms with Crippen molar-refractivity contribution in [2.75, 3.05) is 13.6 Å². The molecule has 22 heavy (non-hydrogen) atoms. The first-order valence-electron chi connectivity index (χ1n) is 7.50. The Kier molecular flexibility index (Phi) is 3.86. The molecule has 0 saturated carbocycles. The molecule has 1 unspecified atom stereocenters. The van der Waals surface area contributed by atoms with Gasteiger partial charge in [-0.1, -0.05) is 30.3 Å². The molecule has 1 heterocycles. The fraction of sp³-hybridized carbons (Fsp3) is 0.278. The maximum Gasteiger partial charge on any atom is 0.270 e. The molecule has 4 nitrogen and oxygen atoms in total. The molecular weight excluding hydrogens is 276 g/mol. The third-order valence-corrected chi connectivity index (χ3v) is 3.99. The zero-order chi connectivity index (χ0) is 15.7. The van der Waals surface area contributed by atoms with Gasteiger partial charge in [-0.05, 0) is 36.2 Å². The van der Waals surface area contributed by atoms with Gasteiger partial charge in [-0.2, -0.15) is 0 Å². The molecule has 2 N–H and O–H groups in total. The summed E-state index contributed by atoms with van der Waals surface area (Å²) in [7, 11) is 1.76. The van der Waals surface area contributed by atoms with Crippen molar-refractivity contribution in [1.82, 2.24) is 9.88 Å². The van der Waals surface area contributed by atoms with E-state index in [4.69, 9.17) is 0 Å². The van der Waals surface area contributed by atoms with Crippen LogP contribution < -0.4 is 0 Å². The lowest BCUT2D eigenvalue weighted by Gasteiger charge is -2.17. The summed E-state index contributed by atoms with van der Waals surface area (Å²) in [5.41, 5.74) is 1.55. The predicted molar refractivity (Wildman–Crippen MR) is 89.1 cm³/mol. The molecule has 0 spiro atoms. The molecule has 2 aromatic carbocycles. The molecular formula is C18H20N2O2. The van der Waals surface area contributed by atoms with Crippen LogP contribution in [0.3, 0.4) is 0 Å². The van der Waals surface area contributed by atoms with E-state index in [1.54, 1.807) is 18.9 Å². The maximum atomic E-state index is 12.5. The number of fused-ring (bicyclic) bond motifs is 3. The number of amides is 1. The predicted octanol–water partition coefficient (Wildman–Crippen LogP) is 3.16. The molecule has 0 aliphatic rings. The van der Waals surface area contributed by atoms with Crippen LogP contribution in [-0.4, -0.2) is 40.6 Å². The average molecular weight is 296 g/mol. The SMILES string of the molecule is CC(O)CCN(C)C(=O)c1cc2c(ccc3ccccc32)[nH]1. The van der Waals surface area contributed by atoms with Gasteiger partial charge >= 0.3 is 0 Å². The molecule has 0 radical (unpaired) electrons. The van der Waals surface area contributed by atoms with Crippen molar-refractivity contribution in [3.05, 3.63) is 48.2 Å². The molecule has 114 valence electrons. The Morgan fingerprint density at radius 3 is 2.77 bits per heavy atom. The van der Waals surface area contributed by atoms with Crippen molar-refractivity contribution < 1.29 is 9.90 Å². The van der Waals surface area contributed by atoms with Crippen LogP contribution >= 0.6 is 0 Å². The van der Waals surface area contributed by atoms with Crippen LogP contribution in [0.1, 0.15) is 23.8 Å². The van der Waals surface area contributed by atoms with Gasteiger partial charge in [-0.25, -0.2) is 0 Å². The number of carbonyl (C=O) groups excluding carboxylic acids is 1. The number of carbonyl (C=O) groups is 1.